The first-order chi connectivity index (χ1) is 13.2. The fourth-order valence-corrected chi connectivity index (χ4v) is 4.32. The van der Waals surface area contributed by atoms with E-state index in [1.807, 2.05) is 18.2 Å². The van der Waals surface area contributed by atoms with Crippen LogP contribution in [0.15, 0.2) is 47.8 Å². The van der Waals surface area contributed by atoms with Crippen LogP contribution in [0.4, 0.5) is 4.39 Å². The molecule has 0 spiro atoms. The lowest BCUT2D eigenvalue weighted by molar-refractivity contribution is 0.627. The molecule has 0 unspecified atom stereocenters. The minimum absolute atomic E-state index is 0.120. The summed E-state index contributed by atoms with van der Waals surface area (Å²) in [6.45, 7) is 0. The Bertz CT molecular complexity index is 1280. The Morgan fingerprint density at radius 3 is 2.81 bits per heavy atom. The SMILES string of the molecule is Fc1ccc(Cc2nc3cc(-c4nn[nH]n4)ccc3c3sccc23)cc1Cl. The molecule has 27 heavy (non-hydrogen) atoms. The van der Waals surface area contributed by atoms with Crippen LogP contribution in [0.25, 0.3) is 32.4 Å². The molecule has 3 aromatic heterocycles. The van der Waals surface area contributed by atoms with Crippen molar-refractivity contribution in [2.45, 2.75) is 6.42 Å². The van der Waals surface area contributed by atoms with Gasteiger partial charge in [0, 0.05) is 27.5 Å². The molecule has 5 aromatic rings. The second-order valence-electron chi connectivity index (χ2n) is 6.11. The number of pyridine rings is 1. The number of hydrogen-bond donors (Lipinski definition) is 1. The van der Waals surface area contributed by atoms with Crippen LogP contribution in [0.5, 0.6) is 0 Å². The van der Waals surface area contributed by atoms with E-state index in [4.69, 9.17) is 16.6 Å². The van der Waals surface area contributed by atoms with Gasteiger partial charge in [0.1, 0.15) is 5.82 Å². The smallest absolute Gasteiger partial charge is 0.204 e. The second-order valence-corrected chi connectivity index (χ2v) is 7.44. The molecule has 8 heteroatoms. The second kappa shape index (κ2) is 6.37. The van der Waals surface area contributed by atoms with Crippen LogP contribution in [0, 0.1) is 5.82 Å². The van der Waals surface area contributed by atoms with Crippen LogP contribution >= 0.6 is 22.9 Å². The van der Waals surface area contributed by atoms with Gasteiger partial charge in [-0.3, -0.25) is 4.98 Å². The van der Waals surface area contributed by atoms with Gasteiger partial charge in [0.15, 0.2) is 0 Å². The van der Waals surface area contributed by atoms with Crippen molar-refractivity contribution in [3.63, 3.8) is 0 Å². The summed E-state index contributed by atoms with van der Waals surface area (Å²) in [5.74, 6) is 0.106. The highest BCUT2D eigenvalue weighted by Gasteiger charge is 2.13. The standard InChI is InChI=1S/C19H11ClFN5S/c20-14-7-10(1-4-15(14)21)8-16-13-5-6-27-18(13)12-3-2-11(9-17(12)22-16)19-23-25-26-24-19/h1-7,9H,8H2,(H,23,24,25,26). The summed E-state index contributed by atoms with van der Waals surface area (Å²) in [6, 6.07) is 12.8. The molecule has 132 valence electrons. The third-order valence-electron chi connectivity index (χ3n) is 4.43. The highest BCUT2D eigenvalue weighted by atomic mass is 35.5. The van der Waals surface area contributed by atoms with E-state index in [0.29, 0.717) is 12.2 Å². The van der Waals surface area contributed by atoms with Crippen LogP contribution in [0.1, 0.15) is 11.3 Å². The number of aromatic amines is 1. The molecule has 0 aliphatic carbocycles. The molecule has 0 saturated carbocycles. The molecule has 0 bridgehead atoms. The van der Waals surface area contributed by atoms with E-state index < -0.39 is 5.82 Å². The van der Waals surface area contributed by atoms with Gasteiger partial charge in [0.2, 0.25) is 5.82 Å². The molecular weight excluding hydrogens is 385 g/mol. The normalized spacial score (nSPS) is 11.5. The summed E-state index contributed by atoms with van der Waals surface area (Å²) in [5, 5.41) is 18.5. The third-order valence-corrected chi connectivity index (χ3v) is 5.67. The van der Waals surface area contributed by atoms with Crippen molar-refractivity contribution in [2.75, 3.05) is 0 Å². The van der Waals surface area contributed by atoms with Gasteiger partial charge in [0.25, 0.3) is 0 Å². The first-order valence-electron chi connectivity index (χ1n) is 8.16. The van der Waals surface area contributed by atoms with E-state index in [-0.39, 0.29) is 5.02 Å². The van der Waals surface area contributed by atoms with Gasteiger partial charge in [-0.25, -0.2) is 4.39 Å². The first-order valence-corrected chi connectivity index (χ1v) is 9.42. The van der Waals surface area contributed by atoms with E-state index in [0.717, 1.165) is 33.1 Å². The van der Waals surface area contributed by atoms with Crippen molar-refractivity contribution in [3.8, 4) is 11.4 Å². The number of aromatic nitrogens is 5. The quantitative estimate of drug-likeness (QED) is 0.466. The number of halogens is 2. The minimum Gasteiger partial charge on any atom is -0.252 e. The molecule has 0 aliphatic heterocycles. The van der Waals surface area contributed by atoms with E-state index in [2.05, 4.69) is 32.1 Å². The molecule has 5 rings (SSSR count). The zero-order chi connectivity index (χ0) is 18.4. The van der Waals surface area contributed by atoms with Gasteiger partial charge >= 0.3 is 0 Å². The summed E-state index contributed by atoms with van der Waals surface area (Å²) in [5.41, 5.74) is 3.53. The maximum absolute atomic E-state index is 13.5. The predicted molar refractivity (Wildman–Crippen MR) is 105 cm³/mol. The average molecular weight is 396 g/mol. The van der Waals surface area contributed by atoms with E-state index >= 15 is 0 Å². The third kappa shape index (κ3) is 2.85. The largest absolute Gasteiger partial charge is 0.252 e. The van der Waals surface area contributed by atoms with Crippen molar-refractivity contribution in [1.82, 2.24) is 25.6 Å². The molecule has 5 nitrogen and oxygen atoms in total. The highest BCUT2D eigenvalue weighted by molar-refractivity contribution is 7.18. The summed E-state index contributed by atoms with van der Waals surface area (Å²) in [4.78, 5) is 4.88. The van der Waals surface area contributed by atoms with Gasteiger partial charge in [-0.1, -0.05) is 29.8 Å². The van der Waals surface area contributed by atoms with Crippen molar-refractivity contribution in [3.05, 3.63) is 69.9 Å². The van der Waals surface area contributed by atoms with E-state index in [9.17, 15) is 4.39 Å². The zero-order valence-corrected chi connectivity index (χ0v) is 15.4. The summed E-state index contributed by atoms with van der Waals surface area (Å²) < 4.78 is 14.6. The fourth-order valence-electron chi connectivity index (χ4n) is 3.17. The lowest BCUT2D eigenvalue weighted by atomic mass is 10.0. The fraction of sp³-hybridized carbons (Fsp3) is 0.0526. The molecule has 0 aliphatic rings. The van der Waals surface area contributed by atoms with E-state index in [1.54, 1.807) is 23.5 Å². The molecule has 2 aromatic carbocycles. The highest BCUT2D eigenvalue weighted by Crippen LogP contribution is 2.33. The molecule has 0 saturated heterocycles. The van der Waals surface area contributed by atoms with Crippen LogP contribution in [-0.2, 0) is 6.42 Å². The number of benzene rings is 2. The number of thiophene rings is 1. The van der Waals surface area contributed by atoms with Crippen LogP contribution in [0.2, 0.25) is 5.02 Å². The number of tetrazole rings is 1. The van der Waals surface area contributed by atoms with Gasteiger partial charge in [-0.15, -0.1) is 21.5 Å². The Morgan fingerprint density at radius 2 is 2.00 bits per heavy atom. The number of hydrogen-bond acceptors (Lipinski definition) is 5. The Morgan fingerprint density at radius 1 is 1.07 bits per heavy atom. The van der Waals surface area contributed by atoms with Crippen LogP contribution in [0.3, 0.4) is 0 Å². The molecule has 0 amide bonds. The molecule has 0 atom stereocenters. The number of rotatable bonds is 3. The Labute approximate surface area is 161 Å². The molecule has 0 radical (unpaired) electrons. The van der Waals surface area contributed by atoms with Crippen LogP contribution in [-0.4, -0.2) is 25.6 Å². The van der Waals surface area contributed by atoms with E-state index in [1.165, 1.54) is 10.8 Å². The average Bonchev–Trinajstić information content (AvgIpc) is 3.36. The zero-order valence-electron chi connectivity index (χ0n) is 13.8. The number of fused-ring (bicyclic) bond motifs is 3. The lowest BCUT2D eigenvalue weighted by Gasteiger charge is -2.08. The Balaban J connectivity index is 1.67. The number of nitrogens with zero attached hydrogens (tertiary/aromatic N) is 4. The van der Waals surface area contributed by atoms with Crippen molar-refractivity contribution < 1.29 is 4.39 Å². The summed E-state index contributed by atoms with van der Waals surface area (Å²) >= 11 is 7.61. The topological polar surface area (TPSA) is 67.3 Å². The summed E-state index contributed by atoms with van der Waals surface area (Å²) in [7, 11) is 0. The van der Waals surface area contributed by atoms with Gasteiger partial charge in [-0.2, -0.15) is 5.21 Å². The van der Waals surface area contributed by atoms with Crippen LogP contribution < -0.4 is 0 Å². The maximum atomic E-state index is 13.5. The molecule has 1 N–H and O–H groups in total. The van der Waals surface area contributed by atoms with Crippen molar-refractivity contribution >= 4 is 43.9 Å². The molecule has 0 fully saturated rings. The van der Waals surface area contributed by atoms with Gasteiger partial charge in [-0.05, 0) is 40.4 Å². The van der Waals surface area contributed by atoms with Crippen molar-refractivity contribution in [2.24, 2.45) is 0 Å². The summed E-state index contributed by atoms with van der Waals surface area (Å²) in [6.07, 6.45) is 0.565. The van der Waals surface area contributed by atoms with Gasteiger partial charge in [0.05, 0.1) is 16.2 Å². The van der Waals surface area contributed by atoms with Crippen molar-refractivity contribution in [1.29, 1.82) is 0 Å². The Kier molecular flexibility index (Phi) is 3.84. The Hall–Kier alpha value is -2.90. The first kappa shape index (κ1) is 16.3. The lowest BCUT2D eigenvalue weighted by Crippen LogP contribution is -1.95. The molecule has 3 heterocycles. The number of nitrogens with one attached hydrogen (secondary N) is 1. The van der Waals surface area contributed by atoms with Gasteiger partial charge < -0.3 is 0 Å². The molecular formula is C19H11ClFN5S. The monoisotopic (exact) mass is 395 g/mol. The maximum Gasteiger partial charge on any atom is 0.204 e. The predicted octanol–water partition coefficient (Wildman–Crippen LogP) is 5.01. The number of H-pyrrole nitrogens is 1. The minimum atomic E-state index is -0.419.